The van der Waals surface area contributed by atoms with Crippen LogP contribution in [0.25, 0.3) is 5.82 Å². The summed E-state index contributed by atoms with van der Waals surface area (Å²) in [6.07, 6.45) is 4.20. The van der Waals surface area contributed by atoms with Gasteiger partial charge >= 0.3 is 5.69 Å². The van der Waals surface area contributed by atoms with Crippen molar-refractivity contribution in [3.63, 3.8) is 0 Å². The minimum atomic E-state index is -2.05. The Morgan fingerprint density at radius 3 is 2.72 bits per heavy atom. The summed E-state index contributed by atoms with van der Waals surface area (Å²) in [5, 5.41) is 4.08. The predicted molar refractivity (Wildman–Crippen MR) is 108 cm³/mol. The number of rotatable bonds is 5. The van der Waals surface area contributed by atoms with Gasteiger partial charge in [0.05, 0.1) is 6.61 Å². The van der Waals surface area contributed by atoms with Gasteiger partial charge in [-0.2, -0.15) is 10.1 Å². The lowest BCUT2D eigenvalue weighted by atomic mass is 9.96. The standard InChI is InChI=1S/C19H29N5O4Si/c1-7-19-10-26-14(15(19)28-29(5,6)18(2,3)4)16(27-19)23-9-8-13(22-17(23)25)24-12-20-11-21-24/h8-9,11-12,14-16H,7,10H2,1-6H3/t14?,15-,16+,19+/m0/s1. The molecule has 2 fully saturated rings. The minimum absolute atomic E-state index is 0.0668. The summed E-state index contributed by atoms with van der Waals surface area (Å²) in [5.74, 6) is 0.409. The molecule has 4 rings (SSSR count). The molecule has 9 nitrogen and oxygen atoms in total. The van der Waals surface area contributed by atoms with Gasteiger partial charge in [-0.25, -0.2) is 14.5 Å². The van der Waals surface area contributed by atoms with Crippen LogP contribution in [0.2, 0.25) is 18.1 Å². The van der Waals surface area contributed by atoms with Gasteiger partial charge in [0.2, 0.25) is 0 Å². The van der Waals surface area contributed by atoms with Gasteiger partial charge in [0.1, 0.15) is 30.5 Å². The summed E-state index contributed by atoms with van der Waals surface area (Å²) < 4.78 is 22.2. The van der Waals surface area contributed by atoms with Crippen molar-refractivity contribution >= 4 is 8.32 Å². The second-order valence-corrected chi connectivity index (χ2v) is 14.1. The zero-order valence-electron chi connectivity index (χ0n) is 17.8. The SMILES string of the molecule is CC[C@]12COC([C@H](n3ccc(-n4cncn4)nc3=O)O1)[C@@H]2O[Si](C)(C)C(C)(C)C. The Hall–Kier alpha value is -1.88. The monoisotopic (exact) mass is 419 g/mol. The van der Waals surface area contributed by atoms with Crippen molar-refractivity contribution in [3.8, 4) is 5.82 Å². The summed E-state index contributed by atoms with van der Waals surface area (Å²) in [7, 11) is -2.05. The number of ether oxygens (including phenoxy) is 2. The van der Waals surface area contributed by atoms with Crippen molar-refractivity contribution in [2.45, 2.75) is 76.3 Å². The van der Waals surface area contributed by atoms with Crippen LogP contribution in [0, 0.1) is 0 Å². The molecule has 4 atom stereocenters. The van der Waals surface area contributed by atoms with Crippen molar-refractivity contribution in [2.24, 2.45) is 0 Å². The van der Waals surface area contributed by atoms with Crippen molar-refractivity contribution in [1.82, 2.24) is 24.3 Å². The summed E-state index contributed by atoms with van der Waals surface area (Å²) in [6.45, 7) is 13.6. The van der Waals surface area contributed by atoms with E-state index in [4.69, 9.17) is 13.9 Å². The smallest absolute Gasteiger partial charge is 0.351 e. The Morgan fingerprint density at radius 1 is 1.38 bits per heavy atom. The molecule has 0 saturated carbocycles. The average Bonchev–Trinajstić information content (AvgIpc) is 3.36. The Balaban J connectivity index is 1.65. The van der Waals surface area contributed by atoms with E-state index in [0.717, 1.165) is 6.42 Å². The fourth-order valence-corrected chi connectivity index (χ4v) is 5.01. The molecule has 2 aliphatic heterocycles. The maximum atomic E-state index is 12.8. The first kappa shape index (κ1) is 20.4. The van der Waals surface area contributed by atoms with Gasteiger partial charge in [0.25, 0.3) is 0 Å². The van der Waals surface area contributed by atoms with E-state index in [9.17, 15) is 4.79 Å². The Bertz CT molecular complexity index is 939. The van der Waals surface area contributed by atoms with Crippen molar-refractivity contribution in [3.05, 3.63) is 35.4 Å². The topological polar surface area (TPSA) is 93.3 Å². The number of hydrogen-bond acceptors (Lipinski definition) is 7. The van der Waals surface area contributed by atoms with Crippen LogP contribution >= 0.6 is 0 Å². The molecule has 29 heavy (non-hydrogen) atoms. The summed E-state index contributed by atoms with van der Waals surface area (Å²) in [6, 6.07) is 1.72. The maximum absolute atomic E-state index is 12.8. The molecule has 2 aromatic heterocycles. The third-order valence-corrected chi connectivity index (χ3v) is 11.0. The van der Waals surface area contributed by atoms with E-state index in [0.29, 0.717) is 12.4 Å². The molecule has 0 N–H and O–H groups in total. The highest BCUT2D eigenvalue weighted by Crippen LogP contribution is 2.50. The van der Waals surface area contributed by atoms with E-state index < -0.39 is 25.8 Å². The van der Waals surface area contributed by atoms with Crippen LogP contribution < -0.4 is 5.69 Å². The number of hydrogen-bond donors (Lipinski definition) is 0. The molecule has 1 unspecified atom stereocenters. The molecule has 0 radical (unpaired) electrons. The van der Waals surface area contributed by atoms with Gasteiger partial charge in [0, 0.05) is 6.20 Å². The highest BCUT2D eigenvalue weighted by Gasteiger charge is 2.63. The lowest BCUT2D eigenvalue weighted by Gasteiger charge is -2.40. The van der Waals surface area contributed by atoms with Crippen molar-refractivity contribution in [1.29, 1.82) is 0 Å². The van der Waals surface area contributed by atoms with Gasteiger partial charge in [-0.05, 0) is 30.6 Å². The van der Waals surface area contributed by atoms with Crippen LogP contribution in [0.1, 0.15) is 40.3 Å². The Morgan fingerprint density at radius 2 is 2.14 bits per heavy atom. The molecular formula is C19H29N5O4Si. The fraction of sp³-hybridized carbons (Fsp3) is 0.684. The van der Waals surface area contributed by atoms with E-state index in [2.05, 4.69) is 55.9 Å². The number of nitrogens with zero attached hydrogens (tertiary/aromatic N) is 5. The molecule has 0 spiro atoms. The van der Waals surface area contributed by atoms with Crippen LogP contribution in [0.5, 0.6) is 0 Å². The average molecular weight is 420 g/mol. The molecule has 0 amide bonds. The quantitative estimate of drug-likeness (QED) is 0.687. The summed E-state index contributed by atoms with van der Waals surface area (Å²) in [5.41, 5.74) is -0.967. The van der Waals surface area contributed by atoms with Crippen LogP contribution in [0.4, 0.5) is 0 Å². The van der Waals surface area contributed by atoms with Crippen LogP contribution in [0.15, 0.2) is 29.7 Å². The predicted octanol–water partition coefficient (Wildman–Crippen LogP) is 2.29. The molecule has 10 heteroatoms. The Labute approximate surface area is 171 Å². The zero-order valence-corrected chi connectivity index (χ0v) is 18.8. The molecule has 0 aliphatic carbocycles. The number of aromatic nitrogens is 5. The van der Waals surface area contributed by atoms with E-state index in [1.54, 1.807) is 12.3 Å². The third kappa shape index (κ3) is 3.27. The lowest BCUT2D eigenvalue weighted by molar-refractivity contribution is -0.175. The first-order valence-electron chi connectivity index (χ1n) is 9.99. The van der Waals surface area contributed by atoms with Gasteiger partial charge in [-0.3, -0.25) is 4.57 Å². The van der Waals surface area contributed by atoms with Gasteiger partial charge in [-0.15, -0.1) is 0 Å². The van der Waals surface area contributed by atoms with Gasteiger partial charge in [-0.1, -0.05) is 27.7 Å². The van der Waals surface area contributed by atoms with Crippen LogP contribution in [-0.4, -0.2) is 57.0 Å². The van der Waals surface area contributed by atoms with E-state index in [1.807, 2.05) is 0 Å². The largest absolute Gasteiger partial charge is 0.408 e. The van der Waals surface area contributed by atoms with Crippen molar-refractivity contribution < 1.29 is 13.9 Å². The molecule has 158 valence electrons. The highest BCUT2D eigenvalue weighted by atomic mass is 28.4. The molecule has 4 heterocycles. The Kier molecular flexibility index (Phi) is 4.80. The van der Waals surface area contributed by atoms with Crippen molar-refractivity contribution in [2.75, 3.05) is 6.61 Å². The fourth-order valence-electron chi connectivity index (χ4n) is 3.67. The molecule has 2 saturated heterocycles. The minimum Gasteiger partial charge on any atom is -0.408 e. The second-order valence-electron chi connectivity index (χ2n) is 9.32. The first-order valence-corrected chi connectivity index (χ1v) is 12.9. The van der Waals surface area contributed by atoms with Gasteiger partial charge < -0.3 is 13.9 Å². The molecular weight excluding hydrogens is 390 g/mol. The van der Waals surface area contributed by atoms with Crippen LogP contribution in [-0.2, 0) is 13.9 Å². The lowest BCUT2D eigenvalue weighted by Crippen LogP contribution is -2.51. The molecule has 2 aliphatic rings. The zero-order chi connectivity index (χ0) is 21.0. The summed E-state index contributed by atoms with van der Waals surface area (Å²) >= 11 is 0. The van der Waals surface area contributed by atoms with E-state index in [-0.39, 0.29) is 17.2 Å². The third-order valence-electron chi connectivity index (χ3n) is 6.54. The first-order chi connectivity index (χ1) is 13.6. The highest BCUT2D eigenvalue weighted by molar-refractivity contribution is 6.74. The molecule has 0 aromatic carbocycles. The normalized spacial score (nSPS) is 29.5. The second kappa shape index (κ2) is 6.83. The molecule has 2 aromatic rings. The molecule has 2 bridgehead atoms. The van der Waals surface area contributed by atoms with E-state index >= 15 is 0 Å². The van der Waals surface area contributed by atoms with Crippen LogP contribution in [0.3, 0.4) is 0 Å². The number of fused-ring (bicyclic) bond motifs is 2. The van der Waals surface area contributed by atoms with Gasteiger partial charge in [0.15, 0.2) is 20.4 Å². The van der Waals surface area contributed by atoms with E-state index in [1.165, 1.54) is 21.9 Å². The maximum Gasteiger partial charge on any atom is 0.351 e. The summed E-state index contributed by atoms with van der Waals surface area (Å²) in [4.78, 5) is 20.8.